The standard InChI is InChI=1S/C30H24ClF3N2O4S2/c1-29(37,30(32,33)34)19-13-14-35-25(16-19)23-11-5-7-18-15-26(41-28(18)23)27(22-10-3-4-12-24(22)31)36-42(38,39)21-9-6-8-20(17-21)40-2/h3-17,27,36-37H,1-2H3/t27-,29+/m1/s1. The van der Waals surface area contributed by atoms with E-state index in [0.717, 1.165) is 11.5 Å². The van der Waals surface area contributed by atoms with Crippen molar-refractivity contribution in [1.29, 1.82) is 0 Å². The highest BCUT2D eigenvalue weighted by Crippen LogP contribution is 2.42. The summed E-state index contributed by atoms with van der Waals surface area (Å²) in [5.41, 5.74) is -2.17. The number of methoxy groups -OCH3 is 1. The molecule has 5 aromatic rings. The molecule has 2 aromatic heterocycles. The van der Waals surface area contributed by atoms with Crippen LogP contribution in [0.5, 0.6) is 5.75 Å². The Labute approximate surface area is 249 Å². The van der Waals surface area contributed by atoms with E-state index >= 15 is 0 Å². The van der Waals surface area contributed by atoms with Crippen molar-refractivity contribution in [2.24, 2.45) is 0 Å². The minimum absolute atomic E-state index is 0.00145. The second-order valence-electron chi connectivity index (χ2n) is 9.63. The molecule has 42 heavy (non-hydrogen) atoms. The van der Waals surface area contributed by atoms with Gasteiger partial charge in [-0.25, -0.2) is 8.42 Å². The Morgan fingerprint density at radius 3 is 2.45 bits per heavy atom. The maximum absolute atomic E-state index is 13.6. The first kappa shape index (κ1) is 30.0. The van der Waals surface area contributed by atoms with Crippen molar-refractivity contribution in [1.82, 2.24) is 9.71 Å². The van der Waals surface area contributed by atoms with Gasteiger partial charge >= 0.3 is 6.18 Å². The van der Waals surface area contributed by atoms with Crippen molar-refractivity contribution in [2.45, 2.75) is 29.6 Å². The number of alkyl halides is 3. The molecule has 0 bridgehead atoms. The lowest BCUT2D eigenvalue weighted by molar-refractivity contribution is -0.258. The molecule has 2 N–H and O–H groups in total. The molecule has 0 radical (unpaired) electrons. The van der Waals surface area contributed by atoms with Gasteiger partial charge in [0.1, 0.15) is 5.75 Å². The molecule has 0 saturated heterocycles. The molecule has 0 fully saturated rings. The van der Waals surface area contributed by atoms with Crippen LogP contribution in [-0.2, 0) is 15.6 Å². The van der Waals surface area contributed by atoms with Crippen molar-refractivity contribution < 1.29 is 31.4 Å². The molecule has 0 aliphatic carbocycles. The number of nitrogens with zero attached hydrogens (tertiary/aromatic N) is 1. The van der Waals surface area contributed by atoms with Crippen molar-refractivity contribution in [3.63, 3.8) is 0 Å². The summed E-state index contributed by atoms with van der Waals surface area (Å²) in [6.07, 6.45) is -3.68. The molecule has 2 heterocycles. The number of rotatable bonds is 8. The van der Waals surface area contributed by atoms with E-state index in [9.17, 15) is 26.7 Å². The summed E-state index contributed by atoms with van der Waals surface area (Å²) in [6, 6.07) is 21.4. The molecule has 5 rings (SSSR count). The Balaban J connectivity index is 1.63. The van der Waals surface area contributed by atoms with E-state index < -0.39 is 27.8 Å². The summed E-state index contributed by atoms with van der Waals surface area (Å²) < 4.78 is 76.4. The van der Waals surface area contributed by atoms with Crippen molar-refractivity contribution in [2.75, 3.05) is 7.11 Å². The summed E-state index contributed by atoms with van der Waals surface area (Å²) in [5.74, 6) is 0.373. The van der Waals surface area contributed by atoms with Crippen LogP contribution in [0.25, 0.3) is 21.3 Å². The molecule has 0 aliphatic rings. The molecule has 0 spiro atoms. The topological polar surface area (TPSA) is 88.5 Å². The third-order valence-electron chi connectivity index (χ3n) is 6.84. The van der Waals surface area contributed by atoms with E-state index in [4.69, 9.17) is 16.3 Å². The normalized spacial score (nSPS) is 14.5. The van der Waals surface area contributed by atoms with Gasteiger partial charge in [-0.3, -0.25) is 4.98 Å². The van der Waals surface area contributed by atoms with Gasteiger partial charge in [0.25, 0.3) is 0 Å². The van der Waals surface area contributed by atoms with Crippen LogP contribution in [0.1, 0.15) is 29.0 Å². The summed E-state index contributed by atoms with van der Waals surface area (Å²) >= 11 is 7.80. The first-order valence-corrected chi connectivity index (χ1v) is 15.2. The summed E-state index contributed by atoms with van der Waals surface area (Å²) in [6.45, 7) is 0.693. The quantitative estimate of drug-likeness (QED) is 0.185. The third-order valence-corrected chi connectivity index (χ3v) is 9.85. The molecule has 0 saturated carbocycles. The Morgan fingerprint density at radius 2 is 1.74 bits per heavy atom. The van der Waals surface area contributed by atoms with Crippen LogP contribution in [0, 0.1) is 0 Å². The second-order valence-corrected chi connectivity index (χ2v) is 12.8. The van der Waals surface area contributed by atoms with Crippen molar-refractivity contribution >= 4 is 43.0 Å². The number of hydrogen-bond donors (Lipinski definition) is 2. The molecule has 3 aromatic carbocycles. The predicted molar refractivity (Wildman–Crippen MR) is 157 cm³/mol. The third kappa shape index (κ3) is 5.75. The van der Waals surface area contributed by atoms with Gasteiger partial charge in [-0.2, -0.15) is 17.9 Å². The number of aromatic nitrogens is 1. The van der Waals surface area contributed by atoms with Crippen LogP contribution in [-0.4, -0.2) is 31.8 Å². The highest BCUT2D eigenvalue weighted by atomic mass is 35.5. The van der Waals surface area contributed by atoms with Gasteiger partial charge < -0.3 is 9.84 Å². The Morgan fingerprint density at radius 1 is 1.00 bits per heavy atom. The minimum Gasteiger partial charge on any atom is -0.497 e. The number of ether oxygens (including phenoxy) is 1. The maximum Gasteiger partial charge on any atom is 0.421 e. The molecule has 6 nitrogen and oxygen atoms in total. The van der Waals surface area contributed by atoms with Gasteiger partial charge in [0.2, 0.25) is 10.0 Å². The van der Waals surface area contributed by atoms with Crippen LogP contribution in [0.2, 0.25) is 5.02 Å². The van der Waals surface area contributed by atoms with Crippen LogP contribution >= 0.6 is 22.9 Å². The first-order chi connectivity index (χ1) is 19.8. The lowest BCUT2D eigenvalue weighted by atomic mass is 9.94. The maximum atomic E-state index is 13.6. The summed E-state index contributed by atoms with van der Waals surface area (Å²) in [5, 5.41) is 11.3. The molecular formula is C30H24ClF3N2O4S2. The average Bonchev–Trinajstić information content (AvgIpc) is 3.40. The fraction of sp³-hybridized carbons (Fsp3) is 0.167. The zero-order chi connectivity index (χ0) is 30.3. The largest absolute Gasteiger partial charge is 0.497 e. The van der Waals surface area contributed by atoms with Gasteiger partial charge in [0.15, 0.2) is 5.60 Å². The number of pyridine rings is 1. The Bertz CT molecular complexity index is 1870. The summed E-state index contributed by atoms with van der Waals surface area (Å²) in [7, 11) is -2.63. The van der Waals surface area contributed by atoms with Crippen LogP contribution in [0.4, 0.5) is 13.2 Å². The van der Waals surface area contributed by atoms with Crippen LogP contribution < -0.4 is 9.46 Å². The molecule has 2 atom stereocenters. The zero-order valence-corrected chi connectivity index (χ0v) is 24.6. The minimum atomic E-state index is -4.89. The van der Waals surface area contributed by atoms with Gasteiger partial charge in [-0.05, 0) is 59.8 Å². The van der Waals surface area contributed by atoms with E-state index in [1.54, 1.807) is 54.6 Å². The Kier molecular flexibility index (Phi) is 8.08. The van der Waals surface area contributed by atoms with Gasteiger partial charge in [0, 0.05) is 32.4 Å². The van der Waals surface area contributed by atoms with Crippen LogP contribution in [0.3, 0.4) is 0 Å². The Hall–Kier alpha value is -3.48. The zero-order valence-electron chi connectivity index (χ0n) is 22.2. The van der Waals surface area contributed by atoms with E-state index in [2.05, 4.69) is 9.71 Å². The van der Waals surface area contributed by atoms with Crippen molar-refractivity contribution in [3.05, 3.63) is 112 Å². The highest BCUT2D eigenvalue weighted by molar-refractivity contribution is 7.89. The molecule has 0 aliphatic heterocycles. The SMILES string of the molecule is COc1cccc(S(=O)(=O)N[C@@H](c2cc3cccc(-c4cc([C@](C)(O)C(F)(F)F)ccn4)c3s2)c2ccccc2Cl)c1. The number of thiophene rings is 1. The van der Waals surface area contributed by atoms with Crippen molar-refractivity contribution in [3.8, 4) is 17.0 Å². The van der Waals surface area contributed by atoms with E-state index in [0.29, 0.717) is 38.4 Å². The number of hydrogen-bond acceptors (Lipinski definition) is 6. The van der Waals surface area contributed by atoms with Gasteiger partial charge in [0.05, 0.1) is 23.7 Å². The number of sulfonamides is 1. The van der Waals surface area contributed by atoms with E-state index in [1.807, 2.05) is 6.07 Å². The first-order valence-electron chi connectivity index (χ1n) is 12.5. The number of benzene rings is 3. The van der Waals surface area contributed by atoms with E-state index in [-0.39, 0.29) is 16.2 Å². The number of fused-ring (bicyclic) bond motifs is 1. The van der Waals surface area contributed by atoms with E-state index in [1.165, 1.54) is 42.8 Å². The summed E-state index contributed by atoms with van der Waals surface area (Å²) in [4.78, 5) is 4.87. The average molecular weight is 633 g/mol. The van der Waals surface area contributed by atoms with Gasteiger partial charge in [-0.1, -0.05) is 54.1 Å². The number of aliphatic hydroxyl groups is 1. The number of nitrogens with one attached hydrogen (secondary N) is 1. The van der Waals surface area contributed by atoms with Crippen LogP contribution in [0.15, 0.2) is 96.0 Å². The highest BCUT2D eigenvalue weighted by Gasteiger charge is 2.51. The monoisotopic (exact) mass is 632 g/mol. The molecule has 218 valence electrons. The lowest BCUT2D eigenvalue weighted by Gasteiger charge is -2.26. The molecular weight excluding hydrogens is 609 g/mol. The molecule has 0 unspecified atom stereocenters. The smallest absolute Gasteiger partial charge is 0.421 e. The second kappa shape index (κ2) is 11.3. The predicted octanol–water partition coefficient (Wildman–Crippen LogP) is 7.46. The molecule has 12 heteroatoms. The number of halogens is 4. The van der Waals surface area contributed by atoms with Gasteiger partial charge in [-0.15, -0.1) is 11.3 Å². The fourth-order valence-electron chi connectivity index (χ4n) is 4.45. The molecule has 0 amide bonds. The fourth-order valence-corrected chi connectivity index (χ4v) is 7.25. The lowest BCUT2D eigenvalue weighted by Crippen LogP contribution is -2.39.